The fourth-order valence-electron chi connectivity index (χ4n) is 2.19. The van der Waals surface area contributed by atoms with Crippen molar-refractivity contribution in [2.45, 2.75) is 13.8 Å². The van der Waals surface area contributed by atoms with Crippen molar-refractivity contribution in [2.75, 3.05) is 0 Å². The number of aromatic nitrogens is 3. The zero-order chi connectivity index (χ0) is 17.3. The molecule has 122 valence electrons. The Kier molecular flexibility index (Phi) is 4.55. The van der Waals surface area contributed by atoms with E-state index in [1.54, 1.807) is 18.2 Å². The van der Waals surface area contributed by atoms with Gasteiger partial charge in [-0.15, -0.1) is 0 Å². The Morgan fingerprint density at radius 2 is 2.00 bits per heavy atom. The van der Waals surface area contributed by atoms with Gasteiger partial charge in [0.1, 0.15) is 0 Å². The van der Waals surface area contributed by atoms with Gasteiger partial charge in [-0.05, 0) is 43.7 Å². The highest BCUT2D eigenvalue weighted by Crippen LogP contribution is 2.18. The molecule has 7 heteroatoms. The number of aliphatic imine (C=N–C) groups is 1. The van der Waals surface area contributed by atoms with Gasteiger partial charge in [-0.1, -0.05) is 29.3 Å². The summed E-state index contributed by atoms with van der Waals surface area (Å²) in [5.74, 6) is 0.476. The van der Waals surface area contributed by atoms with Crippen LogP contribution in [0.2, 0.25) is 10.0 Å². The van der Waals surface area contributed by atoms with Crippen molar-refractivity contribution in [3.8, 4) is 5.69 Å². The second-order valence-corrected chi connectivity index (χ2v) is 6.16. The molecule has 1 aromatic carbocycles. The smallest absolute Gasteiger partial charge is 0.280 e. The van der Waals surface area contributed by atoms with Crippen LogP contribution in [0.3, 0.4) is 0 Å². The molecule has 0 atom stereocenters. The van der Waals surface area contributed by atoms with Crippen LogP contribution in [0, 0.1) is 13.8 Å². The Bertz CT molecular complexity index is 971. The van der Waals surface area contributed by atoms with Crippen LogP contribution < -0.4 is 5.56 Å². The molecule has 0 aliphatic carbocycles. The van der Waals surface area contributed by atoms with Crippen molar-refractivity contribution in [2.24, 2.45) is 4.99 Å². The first-order valence-electron chi connectivity index (χ1n) is 7.19. The van der Waals surface area contributed by atoms with Crippen LogP contribution in [0.4, 0.5) is 5.82 Å². The number of hydrogen-bond donors (Lipinski definition) is 1. The minimum atomic E-state index is -0.204. The van der Waals surface area contributed by atoms with Gasteiger partial charge in [0.2, 0.25) is 0 Å². The van der Waals surface area contributed by atoms with Crippen LogP contribution in [0.15, 0.2) is 46.3 Å². The van der Waals surface area contributed by atoms with E-state index in [1.807, 2.05) is 26.0 Å². The molecule has 0 saturated carbocycles. The first-order valence-corrected chi connectivity index (χ1v) is 7.95. The first-order chi connectivity index (χ1) is 11.5. The van der Waals surface area contributed by atoms with Crippen LogP contribution in [0.5, 0.6) is 0 Å². The van der Waals surface area contributed by atoms with E-state index < -0.39 is 0 Å². The lowest BCUT2D eigenvalue weighted by molar-refractivity contribution is 0.835. The molecule has 24 heavy (non-hydrogen) atoms. The number of hydrogen-bond acceptors (Lipinski definition) is 3. The fraction of sp³-hybridized carbons (Fsp3) is 0.118. The van der Waals surface area contributed by atoms with Crippen molar-refractivity contribution < 1.29 is 0 Å². The summed E-state index contributed by atoms with van der Waals surface area (Å²) >= 11 is 11.9. The average Bonchev–Trinajstić information content (AvgIpc) is 2.84. The van der Waals surface area contributed by atoms with Gasteiger partial charge in [-0.2, -0.15) is 0 Å². The molecule has 0 amide bonds. The Labute approximate surface area is 148 Å². The number of nitrogens with one attached hydrogen (secondary N) is 1. The molecule has 0 radical (unpaired) electrons. The van der Waals surface area contributed by atoms with E-state index in [4.69, 9.17) is 23.2 Å². The van der Waals surface area contributed by atoms with Crippen molar-refractivity contribution in [1.29, 1.82) is 0 Å². The Balaban J connectivity index is 1.99. The Morgan fingerprint density at radius 3 is 2.67 bits per heavy atom. The third kappa shape index (κ3) is 3.27. The summed E-state index contributed by atoms with van der Waals surface area (Å²) in [5, 5.41) is 4.17. The van der Waals surface area contributed by atoms with Gasteiger partial charge in [-0.3, -0.25) is 9.89 Å². The number of pyridine rings is 1. The summed E-state index contributed by atoms with van der Waals surface area (Å²) in [4.78, 5) is 20.9. The number of benzene rings is 1. The van der Waals surface area contributed by atoms with Crippen LogP contribution in [-0.4, -0.2) is 21.0 Å². The number of rotatable bonds is 3. The first kappa shape index (κ1) is 16.5. The molecule has 3 rings (SSSR count). The predicted octanol–water partition coefficient (Wildman–Crippen LogP) is 4.23. The van der Waals surface area contributed by atoms with Crippen LogP contribution in [-0.2, 0) is 0 Å². The van der Waals surface area contributed by atoms with E-state index in [2.05, 4.69) is 15.1 Å². The summed E-state index contributed by atoms with van der Waals surface area (Å²) < 4.78 is 1.44. The molecule has 0 aliphatic rings. The van der Waals surface area contributed by atoms with Crippen molar-refractivity contribution in [3.63, 3.8) is 0 Å². The topological polar surface area (TPSA) is 63.0 Å². The lowest BCUT2D eigenvalue weighted by Gasteiger charge is -2.03. The van der Waals surface area contributed by atoms with Crippen LogP contribution in [0.1, 0.15) is 16.8 Å². The van der Waals surface area contributed by atoms with E-state index in [0.717, 1.165) is 5.56 Å². The second kappa shape index (κ2) is 6.63. The molecule has 2 aromatic heterocycles. The second-order valence-electron chi connectivity index (χ2n) is 5.32. The zero-order valence-corrected chi connectivity index (χ0v) is 14.6. The van der Waals surface area contributed by atoms with Crippen molar-refractivity contribution >= 4 is 35.2 Å². The molecule has 3 aromatic rings. The van der Waals surface area contributed by atoms with E-state index in [0.29, 0.717) is 32.8 Å². The molecular weight excluding hydrogens is 347 g/mol. The van der Waals surface area contributed by atoms with Gasteiger partial charge in [-0.25, -0.2) is 14.7 Å². The minimum absolute atomic E-state index is 0.204. The van der Waals surface area contributed by atoms with Gasteiger partial charge in [0.15, 0.2) is 5.82 Å². The summed E-state index contributed by atoms with van der Waals surface area (Å²) in [6.45, 7) is 3.72. The van der Waals surface area contributed by atoms with E-state index in [-0.39, 0.29) is 5.56 Å². The van der Waals surface area contributed by atoms with Crippen LogP contribution >= 0.6 is 23.2 Å². The van der Waals surface area contributed by atoms with Gasteiger partial charge in [0.05, 0.1) is 16.3 Å². The fourth-order valence-corrected chi connectivity index (χ4v) is 2.48. The molecular formula is C17H14Cl2N4O. The molecule has 0 fully saturated rings. The number of H-pyrrole nitrogens is 1. The van der Waals surface area contributed by atoms with E-state index in [9.17, 15) is 4.79 Å². The van der Waals surface area contributed by atoms with Gasteiger partial charge in [0.25, 0.3) is 5.56 Å². The molecule has 0 spiro atoms. The predicted molar refractivity (Wildman–Crippen MR) is 97.4 cm³/mol. The minimum Gasteiger partial charge on any atom is -0.295 e. The molecule has 2 heterocycles. The quantitative estimate of drug-likeness (QED) is 0.710. The Morgan fingerprint density at radius 1 is 1.21 bits per heavy atom. The SMILES string of the molecule is Cc1ccc(-n2[nH]c(C)c(C=Nc3ccc(Cl)cn3)c2=O)cc1Cl. The molecule has 1 N–H and O–H groups in total. The molecule has 0 unspecified atom stereocenters. The van der Waals surface area contributed by atoms with Crippen molar-refractivity contribution in [3.05, 3.63) is 73.7 Å². The summed E-state index contributed by atoms with van der Waals surface area (Å²) in [5.41, 5.74) is 2.58. The molecule has 0 bridgehead atoms. The summed E-state index contributed by atoms with van der Waals surface area (Å²) in [6, 6.07) is 8.82. The monoisotopic (exact) mass is 360 g/mol. The number of nitrogens with zero attached hydrogens (tertiary/aromatic N) is 3. The highest BCUT2D eigenvalue weighted by molar-refractivity contribution is 6.31. The average molecular weight is 361 g/mol. The number of halogens is 2. The number of aromatic amines is 1. The normalized spacial score (nSPS) is 11.3. The maximum absolute atomic E-state index is 12.6. The highest BCUT2D eigenvalue weighted by atomic mass is 35.5. The van der Waals surface area contributed by atoms with Gasteiger partial charge in [0, 0.05) is 23.1 Å². The van der Waals surface area contributed by atoms with Crippen molar-refractivity contribution in [1.82, 2.24) is 14.8 Å². The largest absolute Gasteiger partial charge is 0.295 e. The van der Waals surface area contributed by atoms with E-state index >= 15 is 0 Å². The third-order valence-electron chi connectivity index (χ3n) is 3.57. The molecule has 5 nitrogen and oxygen atoms in total. The molecule has 0 saturated heterocycles. The lowest BCUT2D eigenvalue weighted by atomic mass is 10.2. The van der Waals surface area contributed by atoms with Gasteiger partial charge < -0.3 is 0 Å². The number of aryl methyl sites for hydroxylation is 2. The highest BCUT2D eigenvalue weighted by Gasteiger charge is 2.11. The van der Waals surface area contributed by atoms with Crippen LogP contribution in [0.25, 0.3) is 5.69 Å². The summed E-state index contributed by atoms with van der Waals surface area (Å²) in [7, 11) is 0. The maximum atomic E-state index is 12.6. The standard InChI is InChI=1S/C17H14Cl2N4O/c1-10-3-5-13(7-15(10)19)23-17(24)14(11(2)22-23)9-21-16-6-4-12(18)8-20-16/h3-9,22H,1-2H3. The lowest BCUT2D eigenvalue weighted by Crippen LogP contribution is -2.17. The Hall–Kier alpha value is -2.37. The zero-order valence-electron chi connectivity index (χ0n) is 13.0. The van der Waals surface area contributed by atoms with Gasteiger partial charge >= 0.3 is 0 Å². The third-order valence-corrected chi connectivity index (χ3v) is 4.20. The molecule has 0 aliphatic heterocycles. The van der Waals surface area contributed by atoms with E-state index in [1.165, 1.54) is 17.1 Å². The summed E-state index contributed by atoms with van der Waals surface area (Å²) in [6.07, 6.45) is 3.00. The maximum Gasteiger partial charge on any atom is 0.280 e.